The molecule has 28 heavy (non-hydrogen) atoms. The molecule has 0 bridgehead atoms. The number of nitrogens with one attached hydrogen (secondary N) is 2. The third-order valence-corrected chi connectivity index (χ3v) is 5.14. The lowest BCUT2D eigenvalue weighted by Gasteiger charge is -2.26. The first-order valence-electron chi connectivity index (χ1n) is 9.90. The Morgan fingerprint density at radius 3 is 2.61 bits per heavy atom. The van der Waals surface area contributed by atoms with E-state index in [0.717, 1.165) is 30.5 Å². The summed E-state index contributed by atoms with van der Waals surface area (Å²) in [5.74, 6) is 0.250. The predicted molar refractivity (Wildman–Crippen MR) is 112 cm³/mol. The molecule has 2 N–H and O–H groups in total. The molecule has 0 saturated heterocycles. The van der Waals surface area contributed by atoms with Crippen molar-refractivity contribution < 1.29 is 14.3 Å². The fourth-order valence-corrected chi connectivity index (χ4v) is 3.53. The van der Waals surface area contributed by atoms with E-state index >= 15 is 0 Å². The Hall–Kier alpha value is -2.66. The summed E-state index contributed by atoms with van der Waals surface area (Å²) in [6.45, 7) is 4.17. The number of rotatable bonds is 6. The van der Waals surface area contributed by atoms with Crippen LogP contribution in [0.15, 0.2) is 48.5 Å². The van der Waals surface area contributed by atoms with Crippen LogP contribution in [-0.4, -0.2) is 24.5 Å². The first-order chi connectivity index (χ1) is 13.5. The number of benzene rings is 2. The molecule has 5 heteroatoms. The van der Waals surface area contributed by atoms with Crippen molar-refractivity contribution in [3.63, 3.8) is 0 Å². The van der Waals surface area contributed by atoms with E-state index < -0.39 is 0 Å². The fourth-order valence-electron chi connectivity index (χ4n) is 3.53. The Balaban J connectivity index is 1.58. The highest BCUT2D eigenvalue weighted by Gasteiger charge is 2.20. The van der Waals surface area contributed by atoms with Gasteiger partial charge >= 0.3 is 0 Å². The summed E-state index contributed by atoms with van der Waals surface area (Å²) in [5.41, 5.74) is 2.75. The van der Waals surface area contributed by atoms with E-state index in [1.807, 2.05) is 43.3 Å². The number of hydrogen-bond acceptors (Lipinski definition) is 3. The highest BCUT2D eigenvalue weighted by molar-refractivity contribution is 6.05. The van der Waals surface area contributed by atoms with Crippen molar-refractivity contribution in [2.24, 2.45) is 5.92 Å². The van der Waals surface area contributed by atoms with Crippen molar-refractivity contribution in [3.05, 3.63) is 59.7 Å². The van der Waals surface area contributed by atoms with Crippen molar-refractivity contribution in [2.75, 3.05) is 17.2 Å². The second kappa shape index (κ2) is 9.51. The van der Waals surface area contributed by atoms with Crippen LogP contribution in [0.3, 0.4) is 0 Å². The van der Waals surface area contributed by atoms with Crippen LogP contribution in [0, 0.1) is 12.8 Å². The topological polar surface area (TPSA) is 67.4 Å². The Morgan fingerprint density at radius 1 is 1.07 bits per heavy atom. The van der Waals surface area contributed by atoms with E-state index in [4.69, 9.17) is 4.74 Å². The van der Waals surface area contributed by atoms with Crippen molar-refractivity contribution in [1.29, 1.82) is 0 Å². The second-order valence-corrected chi connectivity index (χ2v) is 7.60. The van der Waals surface area contributed by atoms with E-state index in [9.17, 15) is 9.59 Å². The lowest BCUT2D eigenvalue weighted by atomic mass is 9.89. The van der Waals surface area contributed by atoms with E-state index in [-0.39, 0.29) is 24.5 Å². The number of para-hydroxylation sites is 1. The maximum Gasteiger partial charge on any atom is 0.255 e. The largest absolute Gasteiger partial charge is 0.368 e. The van der Waals surface area contributed by atoms with Gasteiger partial charge in [0.05, 0.1) is 6.10 Å². The highest BCUT2D eigenvalue weighted by atomic mass is 16.5. The minimum absolute atomic E-state index is 0.0390. The molecule has 2 aromatic rings. The molecule has 2 unspecified atom stereocenters. The molecule has 0 spiro atoms. The quantitative estimate of drug-likeness (QED) is 0.758. The van der Waals surface area contributed by atoms with Crippen LogP contribution in [0.5, 0.6) is 0 Å². The lowest BCUT2D eigenvalue weighted by molar-refractivity contribution is -0.123. The number of carbonyl (C=O) groups excluding carboxylic acids is 2. The van der Waals surface area contributed by atoms with Crippen LogP contribution in [-0.2, 0) is 9.53 Å². The van der Waals surface area contributed by atoms with Gasteiger partial charge in [-0.15, -0.1) is 0 Å². The summed E-state index contributed by atoms with van der Waals surface area (Å²) >= 11 is 0. The zero-order chi connectivity index (χ0) is 19.9. The Bertz CT molecular complexity index is 820. The molecule has 0 heterocycles. The first-order valence-corrected chi connectivity index (χ1v) is 9.90. The molecule has 2 atom stereocenters. The van der Waals surface area contributed by atoms with Crippen LogP contribution in [0.2, 0.25) is 0 Å². The molecule has 2 amide bonds. The van der Waals surface area contributed by atoms with Gasteiger partial charge in [-0.25, -0.2) is 0 Å². The van der Waals surface area contributed by atoms with Crippen LogP contribution in [0.4, 0.5) is 11.4 Å². The van der Waals surface area contributed by atoms with Gasteiger partial charge in [-0.2, -0.15) is 0 Å². The molecule has 1 saturated carbocycles. The molecule has 0 radical (unpaired) electrons. The number of amides is 2. The number of ether oxygens (including phenoxy) is 1. The van der Waals surface area contributed by atoms with Crippen molar-refractivity contribution in [3.8, 4) is 0 Å². The predicted octanol–water partition coefficient (Wildman–Crippen LogP) is 4.78. The average Bonchev–Trinajstić information content (AvgIpc) is 2.69. The maximum absolute atomic E-state index is 12.5. The first kappa shape index (κ1) is 20.1. The number of carbonyl (C=O) groups is 2. The minimum Gasteiger partial charge on any atom is -0.368 e. The molecule has 3 rings (SSSR count). The third-order valence-electron chi connectivity index (χ3n) is 5.14. The van der Waals surface area contributed by atoms with Crippen LogP contribution >= 0.6 is 0 Å². The Labute approximate surface area is 166 Å². The van der Waals surface area contributed by atoms with Crippen LogP contribution in [0.25, 0.3) is 0 Å². The van der Waals surface area contributed by atoms with E-state index in [1.165, 1.54) is 6.42 Å². The molecule has 0 aliphatic heterocycles. The van der Waals surface area contributed by atoms with E-state index in [2.05, 4.69) is 17.6 Å². The molecule has 2 aromatic carbocycles. The van der Waals surface area contributed by atoms with Crippen LogP contribution in [0.1, 0.15) is 48.5 Å². The molecule has 148 valence electrons. The summed E-state index contributed by atoms with van der Waals surface area (Å²) in [6.07, 6.45) is 4.60. The molecule has 5 nitrogen and oxygen atoms in total. The number of anilines is 2. The van der Waals surface area contributed by atoms with Gasteiger partial charge in [0, 0.05) is 16.9 Å². The van der Waals surface area contributed by atoms with E-state index in [1.54, 1.807) is 12.1 Å². The smallest absolute Gasteiger partial charge is 0.255 e. The average molecular weight is 380 g/mol. The van der Waals surface area contributed by atoms with Gasteiger partial charge in [0.25, 0.3) is 5.91 Å². The van der Waals surface area contributed by atoms with Crippen molar-refractivity contribution in [2.45, 2.75) is 45.6 Å². The molecule has 1 aliphatic rings. The zero-order valence-electron chi connectivity index (χ0n) is 16.5. The van der Waals surface area contributed by atoms with E-state index in [0.29, 0.717) is 17.2 Å². The maximum atomic E-state index is 12.5. The Morgan fingerprint density at radius 2 is 1.86 bits per heavy atom. The third kappa shape index (κ3) is 5.67. The summed E-state index contributed by atoms with van der Waals surface area (Å²) in [6, 6.07) is 14.6. The zero-order valence-corrected chi connectivity index (χ0v) is 16.5. The van der Waals surface area contributed by atoms with Gasteiger partial charge in [-0.1, -0.05) is 44.0 Å². The number of hydrogen-bond donors (Lipinski definition) is 2. The van der Waals surface area contributed by atoms with Gasteiger partial charge in [-0.3, -0.25) is 9.59 Å². The second-order valence-electron chi connectivity index (χ2n) is 7.60. The number of aryl methyl sites for hydroxylation is 1. The van der Waals surface area contributed by atoms with Gasteiger partial charge in [-0.05, 0) is 55.5 Å². The van der Waals surface area contributed by atoms with Crippen LogP contribution < -0.4 is 10.6 Å². The SMILES string of the molecule is Cc1ccc(C(=O)Nc2ccccc2)cc1NC(=O)COC1CCCC(C)C1. The van der Waals surface area contributed by atoms with Gasteiger partial charge < -0.3 is 15.4 Å². The van der Waals surface area contributed by atoms with Gasteiger partial charge in [0.1, 0.15) is 6.61 Å². The minimum atomic E-state index is -0.214. The van der Waals surface area contributed by atoms with Gasteiger partial charge in [0.15, 0.2) is 0 Å². The molecular weight excluding hydrogens is 352 g/mol. The summed E-state index contributed by atoms with van der Waals surface area (Å²) in [4.78, 5) is 24.8. The standard InChI is InChI=1S/C23H28N2O3/c1-16-7-6-10-20(13-16)28-15-22(26)25-21-14-18(12-11-17(21)2)23(27)24-19-8-4-3-5-9-19/h3-5,8-9,11-12,14,16,20H,6-7,10,13,15H2,1-2H3,(H,24,27)(H,25,26). The van der Waals surface area contributed by atoms with Crippen molar-refractivity contribution in [1.82, 2.24) is 0 Å². The fraction of sp³-hybridized carbons (Fsp3) is 0.391. The van der Waals surface area contributed by atoms with Gasteiger partial charge in [0.2, 0.25) is 5.91 Å². The summed E-state index contributed by atoms with van der Waals surface area (Å²) < 4.78 is 5.79. The molecule has 0 aromatic heterocycles. The highest BCUT2D eigenvalue weighted by Crippen LogP contribution is 2.25. The monoisotopic (exact) mass is 380 g/mol. The molecule has 1 fully saturated rings. The summed E-state index contributed by atoms with van der Waals surface area (Å²) in [5, 5.41) is 5.73. The lowest BCUT2D eigenvalue weighted by Crippen LogP contribution is -2.27. The Kier molecular flexibility index (Phi) is 6.82. The summed E-state index contributed by atoms with van der Waals surface area (Å²) in [7, 11) is 0. The normalized spacial score (nSPS) is 19.1. The molecule has 1 aliphatic carbocycles. The molecular formula is C23H28N2O3. The van der Waals surface area contributed by atoms with Crippen molar-refractivity contribution >= 4 is 23.2 Å².